The molecule has 1 amide bonds. The third kappa shape index (κ3) is 5.81. The normalized spacial score (nSPS) is 11.8. The van der Waals surface area contributed by atoms with E-state index in [0.717, 1.165) is 6.42 Å². The van der Waals surface area contributed by atoms with Crippen molar-refractivity contribution in [2.45, 2.75) is 26.7 Å². The van der Waals surface area contributed by atoms with E-state index in [-0.39, 0.29) is 17.1 Å². The lowest BCUT2D eigenvalue weighted by molar-refractivity contribution is -0.121. The molecule has 0 spiro atoms. The summed E-state index contributed by atoms with van der Waals surface area (Å²) in [6.45, 7) is 4.67. The van der Waals surface area contributed by atoms with Gasteiger partial charge in [-0.15, -0.1) is 0 Å². The highest BCUT2D eigenvalue weighted by Gasteiger charge is 2.22. The van der Waals surface area contributed by atoms with Crippen molar-refractivity contribution in [2.24, 2.45) is 0 Å². The second-order valence-electron chi connectivity index (χ2n) is 3.40. The summed E-state index contributed by atoms with van der Waals surface area (Å²) in [6, 6.07) is 0. The summed E-state index contributed by atoms with van der Waals surface area (Å²) in [4.78, 5) is 11.4. The molecule has 0 atom stereocenters. The maximum atomic E-state index is 11.6. The van der Waals surface area contributed by atoms with Crippen molar-refractivity contribution < 1.29 is 13.2 Å². The molecule has 0 radical (unpaired) electrons. The highest BCUT2D eigenvalue weighted by Crippen LogP contribution is 2.05. The Kier molecular flexibility index (Phi) is 7.96. The summed E-state index contributed by atoms with van der Waals surface area (Å²) in [7, 11) is -3.35. The fourth-order valence-electron chi connectivity index (χ4n) is 1.12. The first-order chi connectivity index (χ1) is 7.47. The lowest BCUT2D eigenvalue weighted by Gasteiger charge is -2.19. The van der Waals surface area contributed by atoms with Crippen LogP contribution in [0.15, 0.2) is 0 Å². The topological polar surface area (TPSA) is 66.5 Å². The van der Waals surface area contributed by atoms with Gasteiger partial charge in [-0.25, -0.2) is 8.42 Å². The van der Waals surface area contributed by atoms with Crippen molar-refractivity contribution in [3.8, 4) is 0 Å². The summed E-state index contributed by atoms with van der Waals surface area (Å²) >= 11 is 2.92. The zero-order chi connectivity index (χ0) is 12.6. The predicted molar refractivity (Wildman–Crippen MR) is 67.9 cm³/mol. The highest BCUT2D eigenvalue weighted by molar-refractivity contribution is 9.10. The molecule has 0 saturated heterocycles. The van der Waals surface area contributed by atoms with Crippen molar-refractivity contribution >= 4 is 31.9 Å². The van der Waals surface area contributed by atoms with Gasteiger partial charge in [0.25, 0.3) is 0 Å². The van der Waals surface area contributed by atoms with Gasteiger partial charge in [-0.1, -0.05) is 29.8 Å². The first-order valence-corrected chi connectivity index (χ1v) is 8.01. The molecule has 0 aliphatic carbocycles. The van der Waals surface area contributed by atoms with Crippen molar-refractivity contribution in [3.05, 3.63) is 0 Å². The molecule has 16 heavy (non-hydrogen) atoms. The molecule has 96 valence electrons. The first-order valence-electron chi connectivity index (χ1n) is 5.28. The minimum absolute atomic E-state index is 0.0955. The van der Waals surface area contributed by atoms with E-state index in [1.54, 1.807) is 0 Å². The highest BCUT2D eigenvalue weighted by atomic mass is 79.9. The molecule has 0 rings (SSSR count). The van der Waals surface area contributed by atoms with Gasteiger partial charge in [0.05, 0.1) is 6.54 Å². The lowest BCUT2D eigenvalue weighted by atomic mass is 10.4. The molecule has 0 fully saturated rings. The van der Waals surface area contributed by atoms with Crippen LogP contribution in [0.4, 0.5) is 0 Å². The van der Waals surface area contributed by atoms with Crippen LogP contribution in [0.25, 0.3) is 0 Å². The zero-order valence-corrected chi connectivity index (χ0v) is 12.1. The molecular weight excluding hydrogens is 296 g/mol. The number of alkyl halides is 1. The Morgan fingerprint density at radius 3 is 2.38 bits per heavy atom. The van der Waals surface area contributed by atoms with E-state index in [2.05, 4.69) is 21.2 Å². The SMILES string of the molecule is CCCNC(=O)CN(CCC)S(=O)(=O)CBr. The van der Waals surface area contributed by atoms with Crippen molar-refractivity contribution in [1.29, 1.82) is 0 Å². The van der Waals surface area contributed by atoms with Gasteiger partial charge in [0.2, 0.25) is 15.9 Å². The number of carbonyl (C=O) groups is 1. The Hall–Kier alpha value is -0.140. The number of hydrogen-bond donors (Lipinski definition) is 1. The number of nitrogens with one attached hydrogen (secondary N) is 1. The maximum Gasteiger partial charge on any atom is 0.235 e. The Morgan fingerprint density at radius 1 is 1.31 bits per heavy atom. The molecule has 0 aliphatic heterocycles. The monoisotopic (exact) mass is 314 g/mol. The van der Waals surface area contributed by atoms with Crippen LogP contribution in [-0.2, 0) is 14.8 Å². The quantitative estimate of drug-likeness (QED) is 0.677. The fourth-order valence-corrected chi connectivity index (χ4v) is 2.90. The van der Waals surface area contributed by atoms with Crippen LogP contribution in [-0.4, -0.2) is 42.9 Å². The molecule has 0 saturated carbocycles. The number of nitrogens with zero attached hydrogens (tertiary/aromatic N) is 1. The van der Waals surface area contributed by atoms with Crippen molar-refractivity contribution in [3.63, 3.8) is 0 Å². The van der Waals surface area contributed by atoms with Gasteiger partial charge in [0.1, 0.15) is 4.66 Å². The van der Waals surface area contributed by atoms with E-state index < -0.39 is 10.0 Å². The Balaban J connectivity index is 4.40. The van der Waals surface area contributed by atoms with Crippen LogP contribution < -0.4 is 5.32 Å². The minimum atomic E-state index is -3.35. The van der Waals surface area contributed by atoms with Gasteiger partial charge in [-0.05, 0) is 12.8 Å². The molecule has 5 nitrogen and oxygen atoms in total. The lowest BCUT2D eigenvalue weighted by Crippen LogP contribution is -2.41. The maximum absolute atomic E-state index is 11.6. The van der Waals surface area contributed by atoms with Gasteiger partial charge < -0.3 is 5.32 Å². The Labute approximate surface area is 106 Å². The molecule has 0 unspecified atom stereocenters. The van der Waals surface area contributed by atoms with Gasteiger partial charge in [0, 0.05) is 13.1 Å². The molecule has 7 heteroatoms. The number of rotatable bonds is 8. The number of sulfonamides is 1. The average molecular weight is 315 g/mol. The summed E-state index contributed by atoms with van der Waals surface area (Å²) in [6.07, 6.45) is 1.53. The molecule has 0 aromatic carbocycles. The largest absolute Gasteiger partial charge is 0.355 e. The Morgan fingerprint density at radius 2 is 1.94 bits per heavy atom. The standard InChI is InChI=1S/C9H19BrN2O3S/c1-3-5-11-9(13)7-12(6-4-2)16(14,15)8-10/h3-8H2,1-2H3,(H,11,13). The van der Waals surface area contributed by atoms with Crippen LogP contribution in [0, 0.1) is 0 Å². The number of hydrogen-bond acceptors (Lipinski definition) is 3. The summed E-state index contributed by atoms with van der Waals surface area (Å²) in [5.41, 5.74) is 0. The van der Waals surface area contributed by atoms with E-state index in [4.69, 9.17) is 0 Å². The van der Waals surface area contributed by atoms with Gasteiger partial charge in [0.15, 0.2) is 0 Å². The second kappa shape index (κ2) is 8.03. The Bertz CT molecular complexity index is 306. The van der Waals surface area contributed by atoms with Crippen LogP contribution in [0.3, 0.4) is 0 Å². The molecule has 0 aliphatic rings. The third-order valence-electron chi connectivity index (χ3n) is 1.90. The second-order valence-corrected chi connectivity index (χ2v) is 6.68. The van der Waals surface area contributed by atoms with Crippen LogP contribution in [0.5, 0.6) is 0 Å². The number of halogens is 1. The van der Waals surface area contributed by atoms with E-state index in [0.29, 0.717) is 19.5 Å². The van der Waals surface area contributed by atoms with Gasteiger partial charge >= 0.3 is 0 Å². The van der Waals surface area contributed by atoms with Crippen LogP contribution >= 0.6 is 15.9 Å². The first kappa shape index (κ1) is 15.9. The molecule has 0 bridgehead atoms. The number of carbonyl (C=O) groups excluding carboxylic acids is 1. The molecule has 0 aromatic rings. The van der Waals surface area contributed by atoms with Crippen molar-refractivity contribution in [1.82, 2.24) is 9.62 Å². The fraction of sp³-hybridized carbons (Fsp3) is 0.889. The van der Waals surface area contributed by atoms with Crippen LogP contribution in [0.2, 0.25) is 0 Å². The minimum Gasteiger partial charge on any atom is -0.355 e. The molecule has 0 aromatic heterocycles. The average Bonchev–Trinajstić information content (AvgIpc) is 2.25. The third-order valence-corrected chi connectivity index (χ3v) is 5.01. The van der Waals surface area contributed by atoms with E-state index >= 15 is 0 Å². The van der Waals surface area contributed by atoms with Crippen LogP contribution in [0.1, 0.15) is 26.7 Å². The molecular formula is C9H19BrN2O3S. The molecule has 1 N–H and O–H groups in total. The van der Waals surface area contributed by atoms with E-state index in [1.165, 1.54) is 4.31 Å². The summed E-state index contributed by atoms with van der Waals surface area (Å²) < 4.78 is 24.2. The predicted octanol–water partition coefficient (Wildman–Crippen LogP) is 0.907. The van der Waals surface area contributed by atoms with E-state index in [1.807, 2.05) is 13.8 Å². The summed E-state index contributed by atoms with van der Waals surface area (Å²) in [5, 5.41) is 2.66. The zero-order valence-electron chi connectivity index (χ0n) is 9.70. The summed E-state index contributed by atoms with van der Waals surface area (Å²) in [5.74, 6) is -0.250. The number of amides is 1. The van der Waals surface area contributed by atoms with E-state index in [9.17, 15) is 13.2 Å². The van der Waals surface area contributed by atoms with Crippen molar-refractivity contribution in [2.75, 3.05) is 24.3 Å². The molecule has 0 heterocycles. The van der Waals surface area contributed by atoms with Gasteiger partial charge in [-0.3, -0.25) is 4.79 Å². The smallest absolute Gasteiger partial charge is 0.235 e. The van der Waals surface area contributed by atoms with Gasteiger partial charge in [-0.2, -0.15) is 4.31 Å².